The van der Waals surface area contributed by atoms with Crippen molar-refractivity contribution in [1.29, 1.82) is 0 Å². The van der Waals surface area contributed by atoms with Crippen LogP contribution >= 0.6 is 22.9 Å². The highest BCUT2D eigenvalue weighted by Crippen LogP contribution is 2.28. The van der Waals surface area contributed by atoms with E-state index in [1.54, 1.807) is 11.3 Å². The summed E-state index contributed by atoms with van der Waals surface area (Å²) in [5.41, 5.74) is 2.84. The van der Waals surface area contributed by atoms with Crippen molar-refractivity contribution in [3.8, 4) is 0 Å². The Morgan fingerprint density at radius 1 is 1.16 bits per heavy atom. The highest BCUT2D eigenvalue weighted by Gasteiger charge is 2.15. The zero-order chi connectivity index (χ0) is 13.7. The molecule has 0 radical (unpaired) electrons. The first-order valence-electron chi connectivity index (χ1n) is 6.80. The Kier molecular flexibility index (Phi) is 5.44. The lowest BCUT2D eigenvalue weighted by molar-refractivity contribution is 0.549. The second-order valence-corrected chi connectivity index (χ2v) is 6.37. The number of likely N-dealkylation sites (N-methyl/N-ethyl adjacent to an activating group) is 1. The van der Waals surface area contributed by atoms with Gasteiger partial charge >= 0.3 is 0 Å². The van der Waals surface area contributed by atoms with Gasteiger partial charge < -0.3 is 5.32 Å². The normalized spacial score (nSPS) is 12.6. The molecule has 102 valence electrons. The van der Waals surface area contributed by atoms with Gasteiger partial charge in [0.15, 0.2) is 0 Å². The average Bonchev–Trinajstić information content (AvgIpc) is 2.84. The van der Waals surface area contributed by atoms with Crippen molar-refractivity contribution in [3.05, 3.63) is 56.7 Å². The maximum absolute atomic E-state index is 6.02. The standard InChI is InChI=1S/C16H20ClNS/c1-3-12-7-5-6-8-14(12)15(18-4-2)11-13-9-10-16(17)19-13/h5-10,15,18H,3-4,11H2,1-2H3. The van der Waals surface area contributed by atoms with Crippen LogP contribution in [0.25, 0.3) is 0 Å². The third-order valence-electron chi connectivity index (χ3n) is 3.30. The number of rotatable bonds is 6. The second-order valence-electron chi connectivity index (χ2n) is 4.57. The minimum absolute atomic E-state index is 0.371. The molecule has 1 heterocycles. The SMILES string of the molecule is CCNC(Cc1ccc(Cl)s1)c1ccccc1CC. The summed E-state index contributed by atoms with van der Waals surface area (Å²) in [7, 11) is 0. The Bertz CT molecular complexity index is 521. The average molecular weight is 294 g/mol. The zero-order valence-corrected chi connectivity index (χ0v) is 13.0. The molecule has 0 fully saturated rings. The van der Waals surface area contributed by atoms with Gasteiger partial charge in [0.25, 0.3) is 0 Å². The van der Waals surface area contributed by atoms with Crippen LogP contribution in [0.2, 0.25) is 4.34 Å². The third kappa shape index (κ3) is 3.82. The van der Waals surface area contributed by atoms with Gasteiger partial charge in [-0.3, -0.25) is 0 Å². The zero-order valence-electron chi connectivity index (χ0n) is 11.4. The maximum Gasteiger partial charge on any atom is 0.0931 e. The monoisotopic (exact) mass is 293 g/mol. The molecule has 2 aromatic rings. The summed E-state index contributed by atoms with van der Waals surface area (Å²) in [5, 5.41) is 3.59. The topological polar surface area (TPSA) is 12.0 Å². The van der Waals surface area contributed by atoms with Crippen LogP contribution < -0.4 is 5.32 Å². The lowest BCUT2D eigenvalue weighted by Crippen LogP contribution is -2.23. The summed E-state index contributed by atoms with van der Waals surface area (Å²) < 4.78 is 0.869. The summed E-state index contributed by atoms with van der Waals surface area (Å²) in [6.07, 6.45) is 2.07. The number of hydrogen-bond donors (Lipinski definition) is 1. The van der Waals surface area contributed by atoms with Crippen molar-refractivity contribution in [2.45, 2.75) is 32.7 Å². The number of aryl methyl sites for hydroxylation is 1. The molecule has 19 heavy (non-hydrogen) atoms. The summed E-state index contributed by atoms with van der Waals surface area (Å²) in [5.74, 6) is 0. The quantitative estimate of drug-likeness (QED) is 0.802. The molecule has 0 spiro atoms. The lowest BCUT2D eigenvalue weighted by atomic mass is 9.96. The Labute approximate surface area is 124 Å². The predicted octanol–water partition coefficient (Wildman–Crippen LogP) is 4.86. The van der Waals surface area contributed by atoms with Gasteiger partial charge in [0.05, 0.1) is 4.34 Å². The van der Waals surface area contributed by atoms with Crippen molar-refractivity contribution < 1.29 is 0 Å². The first kappa shape index (κ1) is 14.6. The molecular formula is C16H20ClNS. The molecule has 2 rings (SSSR count). The van der Waals surface area contributed by atoms with Gasteiger partial charge in [-0.25, -0.2) is 0 Å². The van der Waals surface area contributed by atoms with E-state index < -0.39 is 0 Å². The van der Waals surface area contributed by atoms with Crippen LogP contribution in [0, 0.1) is 0 Å². The number of halogens is 1. The van der Waals surface area contributed by atoms with Crippen LogP contribution in [-0.2, 0) is 12.8 Å². The summed E-state index contributed by atoms with van der Waals surface area (Å²) in [4.78, 5) is 1.34. The summed E-state index contributed by atoms with van der Waals surface area (Å²) >= 11 is 7.70. The van der Waals surface area contributed by atoms with Crippen molar-refractivity contribution in [1.82, 2.24) is 5.32 Å². The van der Waals surface area contributed by atoms with Crippen molar-refractivity contribution >= 4 is 22.9 Å². The van der Waals surface area contributed by atoms with E-state index in [1.165, 1.54) is 16.0 Å². The van der Waals surface area contributed by atoms with Crippen LogP contribution in [0.15, 0.2) is 36.4 Å². The Hall–Kier alpha value is -0.830. The Morgan fingerprint density at radius 2 is 1.95 bits per heavy atom. The van der Waals surface area contributed by atoms with Gasteiger partial charge in [-0.15, -0.1) is 11.3 Å². The molecule has 0 saturated heterocycles. The molecule has 0 aliphatic carbocycles. The summed E-state index contributed by atoms with van der Waals surface area (Å²) in [6.45, 7) is 5.34. The molecule has 1 atom stereocenters. The molecule has 1 unspecified atom stereocenters. The van der Waals surface area contributed by atoms with Crippen LogP contribution in [0.3, 0.4) is 0 Å². The fraction of sp³-hybridized carbons (Fsp3) is 0.375. The Balaban J connectivity index is 2.23. The highest BCUT2D eigenvalue weighted by atomic mass is 35.5. The first-order chi connectivity index (χ1) is 9.24. The fourth-order valence-electron chi connectivity index (χ4n) is 2.40. The molecule has 3 heteroatoms. The predicted molar refractivity (Wildman–Crippen MR) is 85.3 cm³/mol. The van der Waals surface area contributed by atoms with Gasteiger partial charge in [0, 0.05) is 17.3 Å². The van der Waals surface area contributed by atoms with Crippen molar-refractivity contribution in [3.63, 3.8) is 0 Å². The minimum atomic E-state index is 0.371. The van der Waals surface area contributed by atoms with E-state index in [2.05, 4.69) is 49.5 Å². The third-order valence-corrected chi connectivity index (χ3v) is 4.55. The van der Waals surface area contributed by atoms with Crippen LogP contribution in [0.1, 0.15) is 35.9 Å². The molecule has 1 aromatic heterocycles. The molecule has 0 aliphatic rings. The lowest BCUT2D eigenvalue weighted by Gasteiger charge is -2.20. The van der Waals surface area contributed by atoms with Crippen molar-refractivity contribution in [2.24, 2.45) is 0 Å². The van der Waals surface area contributed by atoms with Gasteiger partial charge in [0.2, 0.25) is 0 Å². The van der Waals surface area contributed by atoms with Gasteiger partial charge in [-0.05, 0) is 36.2 Å². The van der Waals surface area contributed by atoms with Crippen LogP contribution in [0.4, 0.5) is 0 Å². The minimum Gasteiger partial charge on any atom is -0.310 e. The number of benzene rings is 1. The molecule has 0 bridgehead atoms. The van der Waals surface area contributed by atoms with E-state index in [0.29, 0.717) is 6.04 Å². The van der Waals surface area contributed by atoms with Crippen LogP contribution in [-0.4, -0.2) is 6.54 Å². The molecule has 0 amide bonds. The number of hydrogen-bond acceptors (Lipinski definition) is 2. The van der Waals surface area contributed by atoms with E-state index in [4.69, 9.17) is 11.6 Å². The maximum atomic E-state index is 6.02. The first-order valence-corrected chi connectivity index (χ1v) is 7.99. The van der Waals surface area contributed by atoms with Crippen molar-refractivity contribution in [2.75, 3.05) is 6.54 Å². The Morgan fingerprint density at radius 3 is 2.58 bits per heavy atom. The second kappa shape index (κ2) is 7.09. The molecule has 0 aliphatic heterocycles. The van der Waals surface area contributed by atoms with Gasteiger partial charge in [-0.2, -0.15) is 0 Å². The number of thiophene rings is 1. The molecule has 1 nitrogen and oxygen atoms in total. The smallest absolute Gasteiger partial charge is 0.0931 e. The van der Waals surface area contributed by atoms with E-state index in [0.717, 1.165) is 23.7 Å². The fourth-order valence-corrected chi connectivity index (χ4v) is 3.53. The molecule has 1 aromatic carbocycles. The molecular weight excluding hydrogens is 274 g/mol. The van der Waals surface area contributed by atoms with E-state index >= 15 is 0 Å². The largest absolute Gasteiger partial charge is 0.310 e. The molecule has 1 N–H and O–H groups in total. The summed E-state index contributed by atoms with van der Waals surface area (Å²) in [6, 6.07) is 13.2. The van der Waals surface area contributed by atoms with E-state index in [9.17, 15) is 0 Å². The van der Waals surface area contributed by atoms with Gasteiger partial charge in [-0.1, -0.05) is 49.7 Å². The van der Waals surface area contributed by atoms with Gasteiger partial charge in [0.1, 0.15) is 0 Å². The molecule has 0 saturated carbocycles. The van der Waals surface area contributed by atoms with Crippen LogP contribution in [0.5, 0.6) is 0 Å². The van der Waals surface area contributed by atoms with E-state index in [-0.39, 0.29) is 0 Å². The van der Waals surface area contributed by atoms with E-state index in [1.807, 2.05) is 6.07 Å². The number of nitrogens with one attached hydrogen (secondary N) is 1. The highest BCUT2D eigenvalue weighted by molar-refractivity contribution is 7.16.